The van der Waals surface area contributed by atoms with E-state index in [1.54, 1.807) is 6.20 Å². The van der Waals surface area contributed by atoms with E-state index in [-0.39, 0.29) is 18.3 Å². The monoisotopic (exact) mass is 318 g/mol. The molecule has 1 aliphatic heterocycles. The Balaban J connectivity index is 1.75. The first kappa shape index (κ1) is 15.6. The van der Waals surface area contributed by atoms with Crippen molar-refractivity contribution in [1.82, 2.24) is 9.78 Å². The van der Waals surface area contributed by atoms with Crippen LogP contribution in [-0.2, 0) is 15.9 Å². The van der Waals surface area contributed by atoms with Gasteiger partial charge in [0, 0.05) is 22.9 Å². The highest BCUT2D eigenvalue weighted by Gasteiger charge is 2.52. The maximum Gasteiger partial charge on any atom is 0.498 e. The Morgan fingerprint density at radius 1 is 1.18 bits per heavy atom. The second kappa shape index (κ2) is 5.41. The van der Waals surface area contributed by atoms with Crippen LogP contribution in [0.5, 0.6) is 0 Å². The minimum Gasteiger partial charge on any atom is -0.399 e. The molecule has 2 aromatic rings. The summed E-state index contributed by atoms with van der Waals surface area (Å²) in [5, 5.41) is 5.13. The zero-order chi connectivity index (χ0) is 16.0. The van der Waals surface area contributed by atoms with E-state index in [1.165, 1.54) is 0 Å². The lowest BCUT2D eigenvalue weighted by atomic mass is 9.82. The van der Waals surface area contributed by atoms with Gasteiger partial charge in [-0.2, -0.15) is 5.10 Å². The highest BCUT2D eigenvalue weighted by atomic mass is 35.5. The van der Waals surface area contributed by atoms with Crippen LogP contribution in [0, 0.1) is 0 Å². The van der Waals surface area contributed by atoms with E-state index in [4.69, 9.17) is 20.9 Å². The fraction of sp³-hybridized carbons (Fsp3) is 0.438. The molecule has 4 nitrogen and oxygen atoms in total. The van der Waals surface area contributed by atoms with Gasteiger partial charge in [-0.25, -0.2) is 0 Å². The van der Waals surface area contributed by atoms with Gasteiger partial charge in [0.15, 0.2) is 0 Å². The van der Waals surface area contributed by atoms with Gasteiger partial charge in [0.25, 0.3) is 0 Å². The smallest absolute Gasteiger partial charge is 0.399 e. The van der Waals surface area contributed by atoms with Gasteiger partial charge in [0.1, 0.15) is 0 Å². The molecule has 1 fully saturated rings. The SMILES string of the molecule is CC1(C)OB(c2cnn(Cc3cccc(Cl)c3)c2)OC1(C)C. The van der Waals surface area contributed by atoms with Crippen molar-refractivity contribution >= 4 is 24.2 Å². The van der Waals surface area contributed by atoms with Crippen molar-refractivity contribution in [2.45, 2.75) is 45.4 Å². The Hall–Kier alpha value is -1.30. The lowest BCUT2D eigenvalue weighted by Gasteiger charge is -2.32. The van der Waals surface area contributed by atoms with Crippen LogP contribution < -0.4 is 5.46 Å². The molecule has 0 atom stereocenters. The average molecular weight is 319 g/mol. The molecule has 1 saturated heterocycles. The maximum absolute atomic E-state index is 6.04. The second-order valence-electron chi connectivity index (χ2n) is 6.69. The quantitative estimate of drug-likeness (QED) is 0.817. The summed E-state index contributed by atoms with van der Waals surface area (Å²) in [7, 11) is -0.377. The Labute approximate surface area is 136 Å². The lowest BCUT2D eigenvalue weighted by Crippen LogP contribution is -2.41. The molecule has 2 heterocycles. The van der Waals surface area contributed by atoms with Crippen LogP contribution in [0.1, 0.15) is 33.3 Å². The van der Waals surface area contributed by atoms with Gasteiger partial charge < -0.3 is 9.31 Å². The zero-order valence-corrected chi connectivity index (χ0v) is 14.1. The predicted octanol–water partition coefficient (Wildman–Crippen LogP) is 2.88. The van der Waals surface area contributed by atoms with Gasteiger partial charge in [-0.1, -0.05) is 23.7 Å². The molecule has 0 unspecified atom stereocenters. The van der Waals surface area contributed by atoms with Crippen molar-refractivity contribution in [1.29, 1.82) is 0 Å². The van der Waals surface area contributed by atoms with E-state index in [9.17, 15) is 0 Å². The van der Waals surface area contributed by atoms with Crippen molar-refractivity contribution in [2.75, 3.05) is 0 Å². The van der Waals surface area contributed by atoms with E-state index in [0.29, 0.717) is 6.54 Å². The van der Waals surface area contributed by atoms with E-state index in [2.05, 4.69) is 5.10 Å². The molecular weight excluding hydrogens is 298 g/mol. The summed E-state index contributed by atoms with van der Waals surface area (Å²) in [5.74, 6) is 0. The van der Waals surface area contributed by atoms with Crippen molar-refractivity contribution < 1.29 is 9.31 Å². The third-order valence-electron chi connectivity index (χ3n) is 4.41. The lowest BCUT2D eigenvalue weighted by molar-refractivity contribution is 0.00578. The van der Waals surface area contributed by atoms with E-state index in [0.717, 1.165) is 16.0 Å². The molecule has 0 radical (unpaired) electrons. The Morgan fingerprint density at radius 3 is 2.50 bits per heavy atom. The first-order valence-electron chi connectivity index (χ1n) is 7.39. The fourth-order valence-electron chi connectivity index (χ4n) is 2.39. The first-order valence-corrected chi connectivity index (χ1v) is 7.77. The predicted molar refractivity (Wildman–Crippen MR) is 88.5 cm³/mol. The Bertz CT molecular complexity index is 668. The number of aromatic nitrogens is 2. The van der Waals surface area contributed by atoms with Gasteiger partial charge >= 0.3 is 7.12 Å². The van der Waals surface area contributed by atoms with Gasteiger partial charge in [-0.3, -0.25) is 4.68 Å². The molecule has 0 amide bonds. The normalized spacial score (nSPS) is 19.6. The summed E-state index contributed by atoms with van der Waals surface area (Å²) in [6, 6.07) is 7.78. The number of nitrogens with zero attached hydrogens (tertiary/aromatic N) is 2. The van der Waals surface area contributed by atoms with Crippen molar-refractivity contribution in [3.8, 4) is 0 Å². The number of rotatable bonds is 3. The molecule has 22 heavy (non-hydrogen) atoms. The zero-order valence-electron chi connectivity index (χ0n) is 13.3. The first-order chi connectivity index (χ1) is 10.3. The number of hydrogen-bond acceptors (Lipinski definition) is 3. The van der Waals surface area contributed by atoms with Crippen molar-refractivity contribution in [3.63, 3.8) is 0 Å². The van der Waals surface area contributed by atoms with Gasteiger partial charge in [-0.15, -0.1) is 0 Å². The second-order valence-corrected chi connectivity index (χ2v) is 7.13. The summed E-state index contributed by atoms with van der Waals surface area (Å²) in [6.45, 7) is 8.85. The van der Waals surface area contributed by atoms with Gasteiger partial charge in [0.05, 0.1) is 17.7 Å². The molecule has 0 bridgehead atoms. The number of hydrogen-bond donors (Lipinski definition) is 0. The highest BCUT2D eigenvalue weighted by molar-refractivity contribution is 6.62. The number of benzene rings is 1. The summed E-state index contributed by atoms with van der Waals surface area (Å²) in [6.07, 6.45) is 3.76. The van der Waals surface area contributed by atoms with E-state index < -0.39 is 0 Å². The van der Waals surface area contributed by atoms with Crippen molar-refractivity contribution in [2.24, 2.45) is 0 Å². The molecule has 0 aliphatic carbocycles. The van der Waals surface area contributed by atoms with Gasteiger partial charge in [-0.05, 0) is 45.4 Å². The fourth-order valence-corrected chi connectivity index (χ4v) is 2.60. The van der Waals surface area contributed by atoms with E-state index >= 15 is 0 Å². The van der Waals surface area contributed by atoms with Crippen LogP contribution in [0.2, 0.25) is 5.02 Å². The van der Waals surface area contributed by atoms with Crippen LogP contribution in [0.15, 0.2) is 36.7 Å². The molecular formula is C16H20BClN2O2. The van der Waals surface area contributed by atoms with Crippen molar-refractivity contribution in [3.05, 3.63) is 47.2 Å². The molecule has 116 valence electrons. The van der Waals surface area contributed by atoms with Crippen LogP contribution in [0.3, 0.4) is 0 Å². The Kier molecular flexibility index (Phi) is 3.83. The molecule has 0 spiro atoms. The van der Waals surface area contributed by atoms with Gasteiger partial charge in [0.2, 0.25) is 0 Å². The van der Waals surface area contributed by atoms with Crippen LogP contribution >= 0.6 is 11.6 Å². The molecule has 1 aliphatic rings. The topological polar surface area (TPSA) is 36.3 Å². The summed E-state index contributed by atoms with van der Waals surface area (Å²) < 4.78 is 13.9. The van der Waals surface area contributed by atoms with Crippen LogP contribution in [-0.4, -0.2) is 28.1 Å². The van der Waals surface area contributed by atoms with E-state index in [1.807, 2.05) is 62.8 Å². The summed E-state index contributed by atoms with van der Waals surface area (Å²) in [5.41, 5.74) is 1.36. The highest BCUT2D eigenvalue weighted by Crippen LogP contribution is 2.36. The molecule has 1 aromatic carbocycles. The largest absolute Gasteiger partial charge is 0.498 e. The molecule has 0 N–H and O–H groups in total. The Morgan fingerprint density at radius 2 is 1.86 bits per heavy atom. The standard InChI is InChI=1S/C16H20BClN2O2/c1-15(2)16(3,4)22-17(21-15)13-9-19-20(11-13)10-12-6-5-7-14(18)8-12/h5-9,11H,10H2,1-4H3. The third-order valence-corrected chi connectivity index (χ3v) is 4.65. The molecule has 0 saturated carbocycles. The minimum atomic E-state index is -0.377. The number of halogens is 1. The molecule has 6 heteroatoms. The summed E-state index contributed by atoms with van der Waals surface area (Å²) >= 11 is 6.01. The molecule has 1 aromatic heterocycles. The maximum atomic E-state index is 6.04. The summed E-state index contributed by atoms with van der Waals surface area (Å²) in [4.78, 5) is 0. The third kappa shape index (κ3) is 2.93. The molecule has 3 rings (SSSR count). The average Bonchev–Trinajstić information content (AvgIpc) is 2.93. The van der Waals surface area contributed by atoms with Crippen LogP contribution in [0.4, 0.5) is 0 Å². The van der Waals surface area contributed by atoms with Crippen LogP contribution in [0.25, 0.3) is 0 Å². The minimum absolute atomic E-state index is 0.341.